The maximum atomic E-state index is 12.2. The number of methoxy groups -OCH3 is 1. The summed E-state index contributed by atoms with van der Waals surface area (Å²) >= 11 is 0. The Kier molecular flexibility index (Phi) is 5.47. The van der Waals surface area contributed by atoms with Crippen LogP contribution in [0.5, 0.6) is 0 Å². The van der Waals surface area contributed by atoms with Gasteiger partial charge in [0.05, 0.1) is 23.9 Å². The second kappa shape index (κ2) is 8.14. The van der Waals surface area contributed by atoms with E-state index in [0.29, 0.717) is 5.56 Å². The predicted octanol–water partition coefficient (Wildman–Crippen LogP) is 3.42. The minimum absolute atomic E-state index is 0.217. The Bertz CT molecular complexity index is 1010. The Balaban J connectivity index is 1.63. The molecule has 0 aliphatic carbocycles. The summed E-state index contributed by atoms with van der Waals surface area (Å²) in [7, 11) is 1.26. The second-order valence-electron chi connectivity index (χ2n) is 5.72. The molecule has 0 aliphatic rings. The van der Waals surface area contributed by atoms with Gasteiger partial charge >= 0.3 is 11.9 Å². The Morgan fingerprint density at radius 1 is 0.852 bits per heavy atom. The van der Waals surface area contributed by atoms with Gasteiger partial charge in [-0.05, 0) is 35.0 Å². The number of hydrogen-bond donors (Lipinski definition) is 1. The molecule has 1 amide bonds. The maximum absolute atomic E-state index is 12.2. The number of carbonyl (C=O) groups is 3. The van der Waals surface area contributed by atoms with Crippen molar-refractivity contribution in [2.24, 2.45) is 0 Å². The quantitative estimate of drug-likeness (QED) is 0.703. The van der Waals surface area contributed by atoms with Crippen molar-refractivity contribution in [2.75, 3.05) is 19.0 Å². The number of benzene rings is 3. The number of anilines is 1. The van der Waals surface area contributed by atoms with Crippen LogP contribution in [0.1, 0.15) is 20.7 Å². The van der Waals surface area contributed by atoms with Crippen molar-refractivity contribution in [2.45, 2.75) is 0 Å². The normalized spacial score (nSPS) is 10.3. The highest BCUT2D eigenvalue weighted by Gasteiger charge is 2.15. The van der Waals surface area contributed by atoms with E-state index >= 15 is 0 Å². The van der Waals surface area contributed by atoms with Gasteiger partial charge in [-0.1, -0.05) is 42.5 Å². The molecule has 3 aromatic rings. The van der Waals surface area contributed by atoms with Crippen LogP contribution in [-0.4, -0.2) is 31.6 Å². The third-order valence-electron chi connectivity index (χ3n) is 3.93. The van der Waals surface area contributed by atoms with Crippen LogP contribution in [0.2, 0.25) is 0 Å². The van der Waals surface area contributed by atoms with Gasteiger partial charge < -0.3 is 14.8 Å². The van der Waals surface area contributed by atoms with Crippen LogP contribution in [0.15, 0.2) is 66.7 Å². The number of para-hydroxylation sites is 1. The van der Waals surface area contributed by atoms with Gasteiger partial charge in [-0.2, -0.15) is 0 Å². The molecule has 6 heteroatoms. The minimum Gasteiger partial charge on any atom is -0.465 e. The fourth-order valence-corrected chi connectivity index (χ4v) is 2.60. The fraction of sp³-hybridized carbons (Fsp3) is 0.0952. The van der Waals surface area contributed by atoms with Crippen LogP contribution in [0.25, 0.3) is 10.8 Å². The van der Waals surface area contributed by atoms with E-state index in [-0.39, 0.29) is 11.3 Å². The summed E-state index contributed by atoms with van der Waals surface area (Å²) in [6.45, 7) is -0.471. The molecule has 3 aromatic carbocycles. The van der Waals surface area contributed by atoms with Crippen LogP contribution >= 0.6 is 0 Å². The molecule has 0 heterocycles. The molecule has 1 N–H and O–H groups in total. The molecule has 0 aliphatic heterocycles. The van der Waals surface area contributed by atoms with Gasteiger partial charge in [-0.3, -0.25) is 4.79 Å². The highest BCUT2D eigenvalue weighted by molar-refractivity contribution is 6.02. The molecule has 0 fully saturated rings. The topological polar surface area (TPSA) is 81.7 Å². The molecule has 136 valence electrons. The molecule has 0 unspecified atom stereocenters. The van der Waals surface area contributed by atoms with Gasteiger partial charge in [-0.15, -0.1) is 0 Å². The van der Waals surface area contributed by atoms with E-state index in [9.17, 15) is 14.4 Å². The Morgan fingerprint density at radius 2 is 1.56 bits per heavy atom. The van der Waals surface area contributed by atoms with E-state index in [4.69, 9.17) is 4.74 Å². The van der Waals surface area contributed by atoms with Crippen molar-refractivity contribution in [3.8, 4) is 0 Å². The number of amides is 1. The third kappa shape index (κ3) is 4.30. The van der Waals surface area contributed by atoms with Crippen LogP contribution in [-0.2, 0) is 14.3 Å². The smallest absolute Gasteiger partial charge is 0.339 e. The molecule has 0 atom stereocenters. The number of ether oxygens (including phenoxy) is 2. The number of carbonyl (C=O) groups excluding carboxylic acids is 3. The van der Waals surface area contributed by atoms with Crippen molar-refractivity contribution in [1.82, 2.24) is 0 Å². The van der Waals surface area contributed by atoms with Crippen molar-refractivity contribution in [3.63, 3.8) is 0 Å². The average Bonchev–Trinajstić information content (AvgIpc) is 2.71. The molecule has 0 spiro atoms. The van der Waals surface area contributed by atoms with Crippen LogP contribution in [0.4, 0.5) is 5.69 Å². The molecule has 0 bridgehead atoms. The van der Waals surface area contributed by atoms with E-state index in [1.54, 1.807) is 30.3 Å². The summed E-state index contributed by atoms with van der Waals surface area (Å²) in [4.78, 5) is 36.0. The first kappa shape index (κ1) is 18.1. The molecule has 0 saturated heterocycles. The lowest BCUT2D eigenvalue weighted by Crippen LogP contribution is -2.22. The molecule has 6 nitrogen and oxygen atoms in total. The largest absolute Gasteiger partial charge is 0.465 e. The average molecular weight is 363 g/mol. The number of rotatable bonds is 5. The summed E-state index contributed by atoms with van der Waals surface area (Å²) in [5.74, 6) is -1.73. The third-order valence-corrected chi connectivity index (χ3v) is 3.93. The summed E-state index contributed by atoms with van der Waals surface area (Å²) in [6, 6.07) is 19.2. The van der Waals surface area contributed by atoms with E-state index in [1.807, 2.05) is 30.3 Å². The first-order valence-corrected chi connectivity index (χ1v) is 8.21. The number of fused-ring (bicyclic) bond motifs is 1. The van der Waals surface area contributed by atoms with Gasteiger partial charge in [0.2, 0.25) is 0 Å². The standard InChI is InChI=1S/C21H17NO5/c1-26-21(25)17-8-4-5-9-18(17)22-19(23)13-27-20(24)16-11-10-14-6-2-3-7-15(14)12-16/h2-12H,13H2,1H3,(H,22,23). The van der Waals surface area contributed by atoms with Gasteiger partial charge in [0, 0.05) is 0 Å². The Hall–Kier alpha value is -3.67. The van der Waals surface area contributed by atoms with Crippen LogP contribution in [0, 0.1) is 0 Å². The van der Waals surface area contributed by atoms with Gasteiger partial charge in [-0.25, -0.2) is 9.59 Å². The monoisotopic (exact) mass is 363 g/mol. The molecule has 27 heavy (non-hydrogen) atoms. The number of hydrogen-bond acceptors (Lipinski definition) is 5. The highest BCUT2D eigenvalue weighted by atomic mass is 16.5. The van der Waals surface area contributed by atoms with Crippen molar-refractivity contribution >= 4 is 34.3 Å². The van der Waals surface area contributed by atoms with E-state index in [1.165, 1.54) is 13.2 Å². The minimum atomic E-state index is -0.600. The zero-order valence-electron chi connectivity index (χ0n) is 14.6. The van der Waals surface area contributed by atoms with Crippen LogP contribution < -0.4 is 5.32 Å². The second-order valence-corrected chi connectivity index (χ2v) is 5.72. The van der Waals surface area contributed by atoms with Crippen molar-refractivity contribution in [3.05, 3.63) is 77.9 Å². The summed E-state index contributed by atoms with van der Waals surface area (Å²) in [5, 5.41) is 4.46. The number of esters is 2. The van der Waals surface area contributed by atoms with Gasteiger partial charge in [0.1, 0.15) is 0 Å². The Morgan fingerprint density at radius 3 is 2.33 bits per heavy atom. The lowest BCUT2D eigenvalue weighted by atomic mass is 10.1. The zero-order valence-corrected chi connectivity index (χ0v) is 14.6. The van der Waals surface area contributed by atoms with Gasteiger partial charge in [0.25, 0.3) is 5.91 Å². The summed E-state index contributed by atoms with van der Waals surface area (Å²) in [5.41, 5.74) is 0.863. The Labute approximate surface area is 155 Å². The lowest BCUT2D eigenvalue weighted by molar-refractivity contribution is -0.119. The molecule has 0 aromatic heterocycles. The van der Waals surface area contributed by atoms with E-state index < -0.39 is 24.5 Å². The maximum Gasteiger partial charge on any atom is 0.339 e. The SMILES string of the molecule is COC(=O)c1ccccc1NC(=O)COC(=O)c1ccc2ccccc2c1. The molecule has 0 saturated carbocycles. The molecule has 0 radical (unpaired) electrons. The predicted molar refractivity (Wildman–Crippen MR) is 101 cm³/mol. The zero-order chi connectivity index (χ0) is 19.2. The first-order valence-electron chi connectivity index (χ1n) is 8.21. The molecule has 3 rings (SSSR count). The van der Waals surface area contributed by atoms with E-state index in [2.05, 4.69) is 10.1 Å². The van der Waals surface area contributed by atoms with E-state index in [0.717, 1.165) is 10.8 Å². The molecular formula is C21H17NO5. The highest BCUT2D eigenvalue weighted by Crippen LogP contribution is 2.17. The fourth-order valence-electron chi connectivity index (χ4n) is 2.60. The number of nitrogens with one attached hydrogen (secondary N) is 1. The first-order chi connectivity index (χ1) is 13.1. The summed E-state index contributed by atoms with van der Waals surface area (Å²) < 4.78 is 9.74. The van der Waals surface area contributed by atoms with Crippen molar-refractivity contribution < 1.29 is 23.9 Å². The lowest BCUT2D eigenvalue weighted by Gasteiger charge is -2.10. The van der Waals surface area contributed by atoms with Crippen molar-refractivity contribution in [1.29, 1.82) is 0 Å². The molecular weight excluding hydrogens is 346 g/mol. The summed E-state index contributed by atoms with van der Waals surface area (Å²) in [6.07, 6.45) is 0. The van der Waals surface area contributed by atoms with Gasteiger partial charge in [0.15, 0.2) is 6.61 Å². The van der Waals surface area contributed by atoms with Crippen LogP contribution in [0.3, 0.4) is 0 Å².